The number of carboxylic acids is 1. The van der Waals surface area contributed by atoms with Gasteiger partial charge in [0.1, 0.15) is 6.04 Å². The van der Waals surface area contributed by atoms with E-state index in [1.807, 2.05) is 0 Å². The Labute approximate surface area is 58.9 Å². The zero-order valence-corrected chi connectivity index (χ0v) is 5.58. The summed E-state index contributed by atoms with van der Waals surface area (Å²) in [5.41, 5.74) is 0. The third-order valence-electron chi connectivity index (χ3n) is 1.69. The number of aliphatic hydroxyl groups is 1. The van der Waals surface area contributed by atoms with Crippen LogP contribution in [0.25, 0.3) is 0 Å². The van der Waals surface area contributed by atoms with Crippen LogP contribution in [-0.2, 0) is 4.79 Å². The molecule has 0 saturated carbocycles. The van der Waals surface area contributed by atoms with E-state index in [-0.39, 0.29) is 6.10 Å². The van der Waals surface area contributed by atoms with Crippen LogP contribution in [-0.4, -0.2) is 34.9 Å². The highest BCUT2D eigenvalue weighted by Crippen LogP contribution is 2.07. The van der Waals surface area contributed by atoms with E-state index in [0.717, 1.165) is 0 Å². The average Bonchev–Trinajstić information content (AvgIpc) is 1.88. The summed E-state index contributed by atoms with van der Waals surface area (Å²) < 4.78 is 0. The van der Waals surface area contributed by atoms with E-state index < -0.39 is 12.0 Å². The molecular formula is C6H11NO3. The van der Waals surface area contributed by atoms with E-state index in [0.29, 0.717) is 19.4 Å². The van der Waals surface area contributed by atoms with Gasteiger partial charge in [-0.25, -0.2) is 0 Å². The molecule has 4 heteroatoms. The van der Waals surface area contributed by atoms with E-state index in [9.17, 15) is 4.79 Å². The van der Waals surface area contributed by atoms with Crippen molar-refractivity contribution in [2.75, 3.05) is 6.54 Å². The van der Waals surface area contributed by atoms with Crippen molar-refractivity contribution in [1.82, 2.24) is 5.32 Å². The van der Waals surface area contributed by atoms with Crippen molar-refractivity contribution in [3.63, 3.8) is 0 Å². The Hall–Kier alpha value is -0.610. The molecule has 1 fully saturated rings. The van der Waals surface area contributed by atoms with Crippen LogP contribution in [0.2, 0.25) is 0 Å². The molecule has 1 aliphatic rings. The highest BCUT2D eigenvalue weighted by atomic mass is 16.4. The average molecular weight is 145 g/mol. The predicted molar refractivity (Wildman–Crippen MR) is 34.7 cm³/mol. The standard InChI is InChI=1S/C6H11NO3/c8-4-1-2-5(6(9)10)7-3-4/h4-5,7-8H,1-3H2,(H,9,10)/t4-,5+/m0/s1. The predicted octanol–water partition coefficient (Wildman–Crippen LogP) is -0.816. The molecule has 1 aliphatic heterocycles. The Morgan fingerprint density at radius 1 is 1.50 bits per heavy atom. The SMILES string of the molecule is O=C(O)[C@H]1CC[C@H](O)CN1. The minimum Gasteiger partial charge on any atom is -0.480 e. The molecule has 3 N–H and O–H groups in total. The molecule has 0 radical (unpaired) electrons. The molecule has 0 aliphatic carbocycles. The second-order valence-corrected chi connectivity index (χ2v) is 2.53. The molecular weight excluding hydrogens is 134 g/mol. The first-order valence-electron chi connectivity index (χ1n) is 3.34. The molecule has 0 spiro atoms. The number of β-amino-alcohol motifs (C(OH)–C–C–N with tert-alkyl or cyclic N) is 1. The summed E-state index contributed by atoms with van der Waals surface area (Å²) in [5.74, 6) is -0.827. The van der Waals surface area contributed by atoms with Crippen LogP contribution >= 0.6 is 0 Å². The molecule has 1 rings (SSSR count). The zero-order valence-electron chi connectivity index (χ0n) is 5.58. The lowest BCUT2D eigenvalue weighted by Crippen LogP contribution is -2.45. The Bertz CT molecular complexity index is 129. The monoisotopic (exact) mass is 145 g/mol. The van der Waals surface area contributed by atoms with Gasteiger partial charge in [-0.2, -0.15) is 0 Å². The maximum atomic E-state index is 10.3. The fourth-order valence-corrected chi connectivity index (χ4v) is 1.05. The smallest absolute Gasteiger partial charge is 0.320 e. The van der Waals surface area contributed by atoms with E-state index in [2.05, 4.69) is 5.32 Å². The molecule has 0 aromatic rings. The molecule has 0 aromatic heterocycles. The molecule has 4 nitrogen and oxygen atoms in total. The summed E-state index contributed by atoms with van der Waals surface area (Å²) in [7, 11) is 0. The molecule has 10 heavy (non-hydrogen) atoms. The molecule has 0 bridgehead atoms. The maximum Gasteiger partial charge on any atom is 0.320 e. The number of carboxylic acid groups (broad SMARTS) is 1. The van der Waals surface area contributed by atoms with Gasteiger partial charge in [-0.05, 0) is 12.8 Å². The van der Waals surface area contributed by atoms with E-state index >= 15 is 0 Å². The fourth-order valence-electron chi connectivity index (χ4n) is 1.05. The molecule has 1 heterocycles. The number of carbonyl (C=O) groups is 1. The lowest BCUT2D eigenvalue weighted by molar-refractivity contribution is -0.140. The second-order valence-electron chi connectivity index (χ2n) is 2.53. The van der Waals surface area contributed by atoms with Crippen LogP contribution in [0.5, 0.6) is 0 Å². The van der Waals surface area contributed by atoms with Gasteiger partial charge in [0.15, 0.2) is 0 Å². The first-order chi connectivity index (χ1) is 4.70. The third kappa shape index (κ3) is 1.68. The third-order valence-corrected chi connectivity index (χ3v) is 1.69. The summed E-state index contributed by atoms with van der Waals surface area (Å²) in [4.78, 5) is 10.3. The van der Waals surface area contributed by atoms with Gasteiger partial charge in [0.05, 0.1) is 6.10 Å². The number of nitrogens with one attached hydrogen (secondary N) is 1. The molecule has 58 valence electrons. The van der Waals surface area contributed by atoms with Crippen LogP contribution in [0.15, 0.2) is 0 Å². The van der Waals surface area contributed by atoms with Crippen LogP contribution in [0.4, 0.5) is 0 Å². The summed E-state index contributed by atoms with van der Waals surface area (Å²) in [6.07, 6.45) is 0.746. The fraction of sp³-hybridized carbons (Fsp3) is 0.833. The Morgan fingerprint density at radius 3 is 2.60 bits per heavy atom. The summed E-state index contributed by atoms with van der Waals surface area (Å²) in [5, 5.41) is 20.2. The first-order valence-corrected chi connectivity index (χ1v) is 3.34. The molecule has 0 unspecified atom stereocenters. The van der Waals surface area contributed by atoms with E-state index in [1.165, 1.54) is 0 Å². The maximum absolute atomic E-state index is 10.3. The number of hydrogen-bond acceptors (Lipinski definition) is 3. The number of piperidine rings is 1. The minimum atomic E-state index is -0.827. The van der Waals surface area contributed by atoms with Crippen molar-refractivity contribution < 1.29 is 15.0 Å². The highest BCUT2D eigenvalue weighted by Gasteiger charge is 2.23. The number of hydrogen-bond donors (Lipinski definition) is 3. The Morgan fingerprint density at radius 2 is 2.20 bits per heavy atom. The number of rotatable bonds is 1. The van der Waals surface area contributed by atoms with Crippen molar-refractivity contribution in [3.05, 3.63) is 0 Å². The number of aliphatic hydroxyl groups excluding tert-OH is 1. The van der Waals surface area contributed by atoms with Crippen molar-refractivity contribution in [2.24, 2.45) is 0 Å². The largest absolute Gasteiger partial charge is 0.480 e. The lowest BCUT2D eigenvalue weighted by Gasteiger charge is -2.23. The highest BCUT2D eigenvalue weighted by molar-refractivity contribution is 5.73. The summed E-state index contributed by atoms with van der Waals surface area (Å²) in [6.45, 7) is 0.400. The molecule has 1 saturated heterocycles. The number of aliphatic carboxylic acids is 1. The van der Waals surface area contributed by atoms with Crippen LogP contribution in [0, 0.1) is 0 Å². The van der Waals surface area contributed by atoms with Gasteiger partial charge >= 0.3 is 5.97 Å². The van der Waals surface area contributed by atoms with Crippen molar-refractivity contribution >= 4 is 5.97 Å². The quantitative estimate of drug-likeness (QED) is 0.451. The van der Waals surface area contributed by atoms with Gasteiger partial charge in [0.25, 0.3) is 0 Å². The van der Waals surface area contributed by atoms with Crippen LogP contribution in [0.3, 0.4) is 0 Å². The van der Waals surface area contributed by atoms with Crippen molar-refractivity contribution in [1.29, 1.82) is 0 Å². The van der Waals surface area contributed by atoms with Gasteiger partial charge in [-0.1, -0.05) is 0 Å². The second kappa shape index (κ2) is 2.98. The van der Waals surface area contributed by atoms with E-state index in [4.69, 9.17) is 10.2 Å². The van der Waals surface area contributed by atoms with Gasteiger partial charge in [0.2, 0.25) is 0 Å². The minimum absolute atomic E-state index is 0.365. The van der Waals surface area contributed by atoms with Gasteiger partial charge in [-0.15, -0.1) is 0 Å². The Kier molecular flexibility index (Phi) is 2.24. The topological polar surface area (TPSA) is 69.6 Å². The zero-order chi connectivity index (χ0) is 7.56. The normalized spacial score (nSPS) is 33.7. The summed E-state index contributed by atoms with van der Waals surface area (Å²) >= 11 is 0. The first kappa shape index (κ1) is 7.50. The Balaban J connectivity index is 2.33. The van der Waals surface area contributed by atoms with Crippen LogP contribution in [0.1, 0.15) is 12.8 Å². The van der Waals surface area contributed by atoms with Gasteiger partial charge in [0, 0.05) is 6.54 Å². The summed E-state index contributed by atoms with van der Waals surface area (Å²) in [6, 6.07) is -0.455. The van der Waals surface area contributed by atoms with Gasteiger partial charge in [-0.3, -0.25) is 4.79 Å². The lowest BCUT2D eigenvalue weighted by atomic mass is 10.0. The van der Waals surface area contributed by atoms with Crippen LogP contribution < -0.4 is 5.32 Å². The molecule has 2 atom stereocenters. The molecule has 0 aromatic carbocycles. The van der Waals surface area contributed by atoms with E-state index in [1.54, 1.807) is 0 Å². The van der Waals surface area contributed by atoms with Crippen molar-refractivity contribution in [3.8, 4) is 0 Å². The van der Waals surface area contributed by atoms with Gasteiger partial charge < -0.3 is 15.5 Å². The van der Waals surface area contributed by atoms with Crippen molar-refractivity contribution in [2.45, 2.75) is 25.0 Å². The molecule has 0 amide bonds.